The lowest BCUT2D eigenvalue weighted by molar-refractivity contribution is -0.117. The van der Waals surface area contributed by atoms with Gasteiger partial charge in [-0.15, -0.1) is 0 Å². The number of carbonyl (C=O) groups excluding carboxylic acids is 1. The largest absolute Gasteiger partial charge is 0.455 e. The lowest BCUT2D eigenvalue weighted by Gasteiger charge is -2.18. The average molecular weight is 342 g/mol. The van der Waals surface area contributed by atoms with Crippen molar-refractivity contribution in [3.63, 3.8) is 0 Å². The summed E-state index contributed by atoms with van der Waals surface area (Å²) in [5, 5.41) is 12.2. The molecule has 0 aliphatic heterocycles. The molecule has 1 amide bonds. The summed E-state index contributed by atoms with van der Waals surface area (Å²) < 4.78 is 5.89. The van der Waals surface area contributed by atoms with E-state index in [2.05, 4.69) is 5.32 Å². The van der Waals surface area contributed by atoms with E-state index in [1.807, 2.05) is 67.4 Å². The highest BCUT2D eigenvalue weighted by atomic mass is 16.5. The summed E-state index contributed by atoms with van der Waals surface area (Å²) in [6, 6.07) is 15.1. The van der Waals surface area contributed by atoms with Gasteiger partial charge in [0.15, 0.2) is 5.75 Å². The summed E-state index contributed by atoms with van der Waals surface area (Å²) in [4.78, 5) is 14.1. The Morgan fingerprint density at radius 2 is 1.88 bits per heavy atom. The maximum atomic E-state index is 12.2. The minimum absolute atomic E-state index is 0.118. The van der Waals surface area contributed by atoms with Gasteiger partial charge < -0.3 is 15.2 Å². The Morgan fingerprint density at radius 3 is 2.56 bits per heavy atom. The molecule has 2 rings (SSSR count). The second-order valence-corrected chi connectivity index (χ2v) is 6.33. The molecule has 1 unspecified atom stereocenters. The van der Waals surface area contributed by atoms with Gasteiger partial charge in [-0.25, -0.2) is 0 Å². The van der Waals surface area contributed by atoms with Gasteiger partial charge in [0.25, 0.3) is 0 Å². The molecule has 0 aliphatic rings. The van der Waals surface area contributed by atoms with Crippen LogP contribution in [0.15, 0.2) is 48.5 Å². The summed E-state index contributed by atoms with van der Waals surface area (Å²) >= 11 is 0. The van der Waals surface area contributed by atoms with E-state index >= 15 is 0 Å². The van der Waals surface area contributed by atoms with Gasteiger partial charge in [-0.1, -0.05) is 29.8 Å². The van der Waals surface area contributed by atoms with Crippen molar-refractivity contribution in [1.82, 2.24) is 4.90 Å². The number of para-hydroxylation sites is 2. The first-order valence-corrected chi connectivity index (χ1v) is 8.44. The summed E-state index contributed by atoms with van der Waals surface area (Å²) in [5.74, 6) is 1.21. The first-order chi connectivity index (χ1) is 11.9. The lowest BCUT2D eigenvalue weighted by atomic mass is 10.2. The fourth-order valence-corrected chi connectivity index (χ4v) is 2.31. The SMILES string of the molecule is Cc1ccc(Oc2ccccc2NC(=O)CN(C)CCC(C)O)cc1. The molecule has 0 fully saturated rings. The molecule has 1 atom stereocenters. The van der Waals surface area contributed by atoms with E-state index in [1.165, 1.54) is 0 Å². The Hall–Kier alpha value is -2.37. The zero-order chi connectivity index (χ0) is 18.2. The molecule has 0 heterocycles. The van der Waals surface area contributed by atoms with Crippen LogP contribution in [0.1, 0.15) is 18.9 Å². The van der Waals surface area contributed by atoms with E-state index in [0.29, 0.717) is 24.4 Å². The highest BCUT2D eigenvalue weighted by Crippen LogP contribution is 2.29. The molecule has 5 nitrogen and oxygen atoms in total. The van der Waals surface area contributed by atoms with Gasteiger partial charge in [-0.05, 0) is 51.6 Å². The van der Waals surface area contributed by atoms with Gasteiger partial charge in [0.05, 0.1) is 18.3 Å². The molecule has 134 valence electrons. The number of hydrogen-bond donors (Lipinski definition) is 2. The van der Waals surface area contributed by atoms with Gasteiger partial charge in [0.2, 0.25) is 5.91 Å². The second-order valence-electron chi connectivity index (χ2n) is 6.33. The van der Waals surface area contributed by atoms with Crippen LogP contribution in [0.3, 0.4) is 0 Å². The van der Waals surface area contributed by atoms with Crippen molar-refractivity contribution in [2.75, 3.05) is 25.5 Å². The number of aryl methyl sites for hydroxylation is 1. The molecular formula is C20H26N2O3. The van der Waals surface area contributed by atoms with E-state index < -0.39 is 0 Å². The Morgan fingerprint density at radius 1 is 1.20 bits per heavy atom. The topological polar surface area (TPSA) is 61.8 Å². The first kappa shape index (κ1) is 19.0. The Bertz CT molecular complexity index is 684. The van der Waals surface area contributed by atoms with Crippen LogP contribution >= 0.6 is 0 Å². The van der Waals surface area contributed by atoms with Crippen molar-refractivity contribution in [1.29, 1.82) is 0 Å². The fraction of sp³-hybridized carbons (Fsp3) is 0.350. The average Bonchev–Trinajstić information content (AvgIpc) is 2.57. The summed E-state index contributed by atoms with van der Waals surface area (Å²) in [7, 11) is 1.86. The number of rotatable bonds is 8. The first-order valence-electron chi connectivity index (χ1n) is 8.44. The molecule has 0 spiro atoms. The zero-order valence-corrected chi connectivity index (χ0v) is 15.0. The van der Waals surface area contributed by atoms with Gasteiger partial charge in [0, 0.05) is 6.54 Å². The molecule has 0 bridgehead atoms. The van der Waals surface area contributed by atoms with Crippen molar-refractivity contribution < 1.29 is 14.6 Å². The predicted molar refractivity (Wildman–Crippen MR) is 100 cm³/mol. The van der Waals surface area contributed by atoms with Crippen LogP contribution in [0.2, 0.25) is 0 Å². The molecule has 2 N–H and O–H groups in total. The molecule has 0 saturated heterocycles. The van der Waals surface area contributed by atoms with E-state index in [4.69, 9.17) is 4.74 Å². The number of benzene rings is 2. The van der Waals surface area contributed by atoms with Gasteiger partial charge in [0.1, 0.15) is 5.75 Å². The third-order valence-electron chi connectivity index (χ3n) is 3.75. The maximum absolute atomic E-state index is 12.2. The number of amides is 1. The lowest BCUT2D eigenvalue weighted by Crippen LogP contribution is -2.32. The van der Waals surface area contributed by atoms with E-state index in [9.17, 15) is 9.90 Å². The number of anilines is 1. The third kappa shape index (κ3) is 6.57. The Labute approximate surface area is 149 Å². The van der Waals surface area contributed by atoms with Crippen LogP contribution in [0.25, 0.3) is 0 Å². The van der Waals surface area contributed by atoms with E-state index in [0.717, 1.165) is 11.3 Å². The highest BCUT2D eigenvalue weighted by molar-refractivity contribution is 5.93. The zero-order valence-electron chi connectivity index (χ0n) is 15.0. The van der Waals surface area contributed by atoms with Crippen molar-refractivity contribution in [3.8, 4) is 11.5 Å². The summed E-state index contributed by atoms with van der Waals surface area (Å²) in [6.07, 6.45) is 0.269. The normalized spacial score (nSPS) is 12.0. The van der Waals surface area contributed by atoms with Crippen LogP contribution < -0.4 is 10.1 Å². The Balaban J connectivity index is 1.97. The van der Waals surface area contributed by atoms with Crippen LogP contribution in [0, 0.1) is 6.92 Å². The van der Waals surface area contributed by atoms with Crippen LogP contribution in [0.5, 0.6) is 11.5 Å². The molecule has 0 aliphatic carbocycles. The number of hydrogen-bond acceptors (Lipinski definition) is 4. The molecule has 0 radical (unpaired) electrons. The van der Waals surface area contributed by atoms with Crippen molar-refractivity contribution >= 4 is 11.6 Å². The molecule has 2 aromatic carbocycles. The van der Waals surface area contributed by atoms with Gasteiger partial charge in [-0.2, -0.15) is 0 Å². The molecule has 2 aromatic rings. The summed E-state index contributed by atoms with van der Waals surface area (Å²) in [5.41, 5.74) is 1.80. The number of nitrogens with zero attached hydrogens (tertiary/aromatic N) is 1. The monoisotopic (exact) mass is 342 g/mol. The fourth-order valence-electron chi connectivity index (χ4n) is 2.31. The molecule has 5 heteroatoms. The number of carbonyl (C=O) groups is 1. The minimum Gasteiger partial charge on any atom is -0.455 e. The number of likely N-dealkylation sites (N-methyl/N-ethyl adjacent to an activating group) is 1. The summed E-state index contributed by atoms with van der Waals surface area (Å²) in [6.45, 7) is 4.68. The quantitative estimate of drug-likeness (QED) is 0.771. The van der Waals surface area contributed by atoms with Crippen LogP contribution in [-0.4, -0.2) is 42.2 Å². The standard InChI is InChI=1S/C20H26N2O3/c1-15-8-10-17(11-9-15)25-19-7-5-4-6-18(19)21-20(24)14-22(3)13-12-16(2)23/h4-11,16,23H,12-14H2,1-3H3,(H,21,24). The number of ether oxygens (including phenoxy) is 1. The van der Waals surface area contributed by atoms with Gasteiger partial charge >= 0.3 is 0 Å². The number of aliphatic hydroxyl groups excluding tert-OH is 1. The number of aliphatic hydroxyl groups is 1. The molecule has 0 aromatic heterocycles. The molecule has 0 saturated carbocycles. The smallest absolute Gasteiger partial charge is 0.238 e. The van der Waals surface area contributed by atoms with Gasteiger partial charge in [-0.3, -0.25) is 9.69 Å². The maximum Gasteiger partial charge on any atom is 0.238 e. The predicted octanol–water partition coefficient (Wildman–Crippen LogP) is 3.43. The second kappa shape index (κ2) is 9.20. The molecule has 25 heavy (non-hydrogen) atoms. The third-order valence-corrected chi connectivity index (χ3v) is 3.75. The Kier molecular flexibility index (Phi) is 6.98. The minimum atomic E-state index is -0.367. The highest BCUT2D eigenvalue weighted by Gasteiger charge is 2.11. The number of nitrogens with one attached hydrogen (secondary N) is 1. The van der Waals surface area contributed by atoms with Crippen LogP contribution in [-0.2, 0) is 4.79 Å². The van der Waals surface area contributed by atoms with Crippen molar-refractivity contribution in [2.45, 2.75) is 26.4 Å². The van der Waals surface area contributed by atoms with Crippen molar-refractivity contribution in [2.24, 2.45) is 0 Å². The van der Waals surface area contributed by atoms with E-state index in [-0.39, 0.29) is 18.6 Å². The van der Waals surface area contributed by atoms with E-state index in [1.54, 1.807) is 6.92 Å². The molecular weight excluding hydrogens is 316 g/mol. The van der Waals surface area contributed by atoms with Crippen LogP contribution in [0.4, 0.5) is 5.69 Å². The van der Waals surface area contributed by atoms with Crippen molar-refractivity contribution in [3.05, 3.63) is 54.1 Å².